The van der Waals surface area contributed by atoms with Crippen molar-refractivity contribution in [1.29, 1.82) is 5.26 Å². The number of nitriles is 1. The number of hydrogen-bond donors (Lipinski definition) is 0. The smallest absolute Gasteiger partial charge is 0.266 e. The van der Waals surface area contributed by atoms with E-state index in [0.29, 0.717) is 18.5 Å². The average molecular weight is 257 g/mol. The molecule has 0 bridgehead atoms. The fraction of sp³-hybridized carbons (Fsp3) is 0.308. The lowest BCUT2D eigenvalue weighted by molar-refractivity contribution is 0.567. The first-order valence-electron chi connectivity index (χ1n) is 6.03. The minimum atomic E-state index is -0.627. The molecule has 0 amide bonds. The SMILES string of the molecule is CCCn1c(=O)c(C#N)nn(C2=CC[CH]C=C2)c1=O. The Morgan fingerprint density at radius 2 is 2.26 bits per heavy atom. The predicted octanol–water partition coefficient (Wildman–Crippen LogP) is 0.692. The van der Waals surface area contributed by atoms with Gasteiger partial charge in [-0.05, 0) is 25.3 Å². The van der Waals surface area contributed by atoms with E-state index in [0.717, 1.165) is 9.25 Å². The van der Waals surface area contributed by atoms with Crippen LogP contribution in [0.3, 0.4) is 0 Å². The molecule has 1 aromatic heterocycles. The molecule has 0 saturated carbocycles. The molecule has 0 unspecified atom stereocenters. The van der Waals surface area contributed by atoms with Crippen LogP contribution in [0.25, 0.3) is 5.70 Å². The zero-order valence-electron chi connectivity index (χ0n) is 10.5. The fourth-order valence-corrected chi connectivity index (χ4v) is 1.83. The van der Waals surface area contributed by atoms with Gasteiger partial charge in [-0.2, -0.15) is 9.94 Å². The van der Waals surface area contributed by atoms with Crippen LogP contribution in [0.1, 0.15) is 25.5 Å². The summed E-state index contributed by atoms with van der Waals surface area (Å²) in [5, 5.41) is 12.8. The van der Waals surface area contributed by atoms with Gasteiger partial charge in [0.15, 0.2) is 0 Å². The maximum Gasteiger partial charge on any atom is 0.352 e. The largest absolute Gasteiger partial charge is 0.352 e. The Morgan fingerprint density at radius 3 is 2.84 bits per heavy atom. The summed E-state index contributed by atoms with van der Waals surface area (Å²) in [6.45, 7) is 2.13. The molecular weight excluding hydrogens is 244 g/mol. The van der Waals surface area contributed by atoms with E-state index in [2.05, 4.69) is 5.10 Å². The van der Waals surface area contributed by atoms with E-state index < -0.39 is 11.2 Å². The number of aromatic nitrogens is 3. The van der Waals surface area contributed by atoms with Crippen LogP contribution in [0.2, 0.25) is 0 Å². The summed E-state index contributed by atoms with van der Waals surface area (Å²) >= 11 is 0. The van der Waals surface area contributed by atoms with E-state index in [9.17, 15) is 9.59 Å². The van der Waals surface area contributed by atoms with E-state index in [1.165, 1.54) is 0 Å². The number of rotatable bonds is 3. The van der Waals surface area contributed by atoms with Crippen molar-refractivity contribution in [3.05, 3.63) is 51.2 Å². The second-order valence-corrected chi connectivity index (χ2v) is 4.07. The minimum Gasteiger partial charge on any atom is -0.266 e. The summed E-state index contributed by atoms with van der Waals surface area (Å²) in [4.78, 5) is 24.1. The molecule has 0 fully saturated rings. The summed E-state index contributed by atoms with van der Waals surface area (Å²) in [6, 6.07) is 1.74. The van der Waals surface area contributed by atoms with Crippen LogP contribution in [-0.4, -0.2) is 14.3 Å². The molecule has 19 heavy (non-hydrogen) atoms. The summed E-state index contributed by atoms with van der Waals surface area (Å²) in [6.07, 6.45) is 8.60. The summed E-state index contributed by atoms with van der Waals surface area (Å²) in [5.41, 5.74) is -0.827. The Bertz CT molecular complexity index is 701. The molecule has 97 valence electrons. The zero-order chi connectivity index (χ0) is 13.8. The Morgan fingerprint density at radius 1 is 1.47 bits per heavy atom. The highest BCUT2D eigenvalue weighted by atomic mass is 16.2. The molecule has 6 heteroatoms. The van der Waals surface area contributed by atoms with Crippen LogP contribution in [0.5, 0.6) is 0 Å². The van der Waals surface area contributed by atoms with Gasteiger partial charge in [-0.3, -0.25) is 9.36 Å². The van der Waals surface area contributed by atoms with Crippen LogP contribution in [-0.2, 0) is 6.54 Å². The van der Waals surface area contributed by atoms with Gasteiger partial charge < -0.3 is 0 Å². The summed E-state index contributed by atoms with van der Waals surface area (Å²) in [5.74, 6) is 0. The lowest BCUT2D eigenvalue weighted by Gasteiger charge is -2.11. The van der Waals surface area contributed by atoms with Gasteiger partial charge in [0, 0.05) is 6.54 Å². The number of hydrogen-bond acceptors (Lipinski definition) is 4. The molecule has 2 rings (SSSR count). The van der Waals surface area contributed by atoms with E-state index >= 15 is 0 Å². The normalized spacial score (nSPS) is 14.0. The topological polar surface area (TPSA) is 80.7 Å². The molecule has 0 saturated heterocycles. The van der Waals surface area contributed by atoms with Gasteiger partial charge in [0.2, 0.25) is 5.69 Å². The van der Waals surface area contributed by atoms with Crippen molar-refractivity contribution in [3.8, 4) is 6.07 Å². The first-order chi connectivity index (χ1) is 9.19. The highest BCUT2D eigenvalue weighted by Crippen LogP contribution is 2.10. The van der Waals surface area contributed by atoms with Crippen molar-refractivity contribution in [1.82, 2.24) is 14.3 Å². The molecule has 0 spiro atoms. The van der Waals surface area contributed by atoms with Crippen molar-refractivity contribution in [2.45, 2.75) is 26.3 Å². The first-order valence-corrected chi connectivity index (χ1v) is 6.03. The molecule has 0 aliphatic heterocycles. The molecule has 6 nitrogen and oxygen atoms in total. The molecule has 1 aromatic rings. The third-order valence-corrected chi connectivity index (χ3v) is 2.72. The maximum absolute atomic E-state index is 12.2. The van der Waals surface area contributed by atoms with Gasteiger partial charge in [0.05, 0.1) is 5.70 Å². The second kappa shape index (κ2) is 5.48. The highest BCUT2D eigenvalue weighted by Gasteiger charge is 2.14. The average Bonchev–Trinajstić information content (AvgIpc) is 2.45. The molecular formula is C13H13N4O2. The molecule has 0 aromatic carbocycles. The second-order valence-electron chi connectivity index (χ2n) is 4.07. The monoisotopic (exact) mass is 257 g/mol. The van der Waals surface area contributed by atoms with E-state index in [1.54, 1.807) is 12.1 Å². The predicted molar refractivity (Wildman–Crippen MR) is 70.1 cm³/mol. The highest BCUT2D eigenvalue weighted by molar-refractivity contribution is 5.58. The fourth-order valence-electron chi connectivity index (χ4n) is 1.83. The van der Waals surface area contributed by atoms with Crippen molar-refractivity contribution < 1.29 is 0 Å². The standard InChI is InChI=1S/C13H13N4O2/c1-2-8-16-12(18)11(9-14)15-17(13(16)19)10-6-4-3-5-7-10/h3-4,6-7H,2,5,8H2,1H3. The Kier molecular flexibility index (Phi) is 3.76. The van der Waals surface area contributed by atoms with Crippen LogP contribution in [0.15, 0.2) is 27.8 Å². The van der Waals surface area contributed by atoms with Gasteiger partial charge in [-0.1, -0.05) is 19.1 Å². The molecule has 0 N–H and O–H groups in total. The molecule has 1 aliphatic carbocycles. The van der Waals surface area contributed by atoms with Crippen molar-refractivity contribution in [3.63, 3.8) is 0 Å². The quantitative estimate of drug-likeness (QED) is 0.798. The molecule has 1 radical (unpaired) electrons. The van der Waals surface area contributed by atoms with Gasteiger partial charge in [-0.25, -0.2) is 4.79 Å². The molecule has 0 atom stereocenters. The Labute approximate surface area is 109 Å². The number of allylic oxidation sites excluding steroid dienone is 4. The van der Waals surface area contributed by atoms with Crippen molar-refractivity contribution >= 4 is 5.70 Å². The summed E-state index contributed by atoms with van der Waals surface area (Å²) in [7, 11) is 0. The van der Waals surface area contributed by atoms with Crippen LogP contribution < -0.4 is 11.2 Å². The lowest BCUT2D eigenvalue weighted by Crippen LogP contribution is -2.42. The van der Waals surface area contributed by atoms with Gasteiger partial charge >= 0.3 is 5.69 Å². The number of nitrogens with zero attached hydrogens (tertiary/aromatic N) is 4. The van der Waals surface area contributed by atoms with Gasteiger partial charge in [0.1, 0.15) is 6.07 Å². The van der Waals surface area contributed by atoms with Crippen LogP contribution in [0, 0.1) is 17.8 Å². The van der Waals surface area contributed by atoms with Crippen molar-refractivity contribution in [2.75, 3.05) is 0 Å². The third kappa shape index (κ3) is 2.40. The van der Waals surface area contributed by atoms with Crippen LogP contribution in [0.4, 0.5) is 0 Å². The minimum absolute atomic E-state index is 0.267. The van der Waals surface area contributed by atoms with Gasteiger partial charge in [-0.15, -0.1) is 5.10 Å². The van der Waals surface area contributed by atoms with Crippen molar-refractivity contribution in [2.24, 2.45) is 0 Å². The summed E-state index contributed by atoms with van der Waals surface area (Å²) < 4.78 is 2.16. The molecule has 1 aliphatic rings. The maximum atomic E-state index is 12.2. The molecule has 1 heterocycles. The van der Waals surface area contributed by atoms with E-state index in [4.69, 9.17) is 5.26 Å². The third-order valence-electron chi connectivity index (χ3n) is 2.72. The van der Waals surface area contributed by atoms with Gasteiger partial charge in [0.25, 0.3) is 5.56 Å². The Hall–Kier alpha value is -2.42. The lowest BCUT2D eigenvalue weighted by atomic mass is 10.1. The van der Waals surface area contributed by atoms with Crippen LogP contribution >= 0.6 is 0 Å². The van der Waals surface area contributed by atoms with E-state index in [1.807, 2.05) is 25.5 Å². The Balaban J connectivity index is 2.69. The first kappa shape index (κ1) is 13.0. The van der Waals surface area contributed by atoms with E-state index in [-0.39, 0.29) is 12.2 Å². The zero-order valence-corrected chi connectivity index (χ0v) is 10.5.